The minimum absolute atomic E-state index is 0.221. The summed E-state index contributed by atoms with van der Waals surface area (Å²) in [7, 11) is 0. The van der Waals surface area contributed by atoms with Gasteiger partial charge in [0.2, 0.25) is 12.3 Å². The van der Waals surface area contributed by atoms with E-state index in [9.17, 15) is 9.59 Å². The van der Waals surface area contributed by atoms with E-state index in [-0.39, 0.29) is 5.91 Å². The number of carbonyl (C=O) groups excluding carboxylic acids is 2. The van der Waals surface area contributed by atoms with E-state index in [4.69, 9.17) is 5.73 Å². The van der Waals surface area contributed by atoms with Crippen molar-refractivity contribution in [2.24, 2.45) is 5.73 Å². The van der Waals surface area contributed by atoms with Crippen molar-refractivity contribution in [3.05, 3.63) is 35.9 Å². The van der Waals surface area contributed by atoms with Crippen molar-refractivity contribution in [2.45, 2.75) is 51.2 Å². The standard InChI is InChI=1S/C16H25N3O2/c1-2-3-5-10-14(17)16(21)19-15(18-12-20)11-13-8-6-4-7-9-13/h4,6-9,12,14-15H,2-3,5,10-11,17H2,1H3,(H,18,20)(H,19,21)/t14-,15-/m0/s1. The molecule has 0 unspecified atom stereocenters. The summed E-state index contributed by atoms with van der Waals surface area (Å²) in [5.74, 6) is -0.221. The summed E-state index contributed by atoms with van der Waals surface area (Å²) in [4.78, 5) is 22.7. The highest BCUT2D eigenvalue weighted by Gasteiger charge is 2.17. The van der Waals surface area contributed by atoms with Crippen LogP contribution in [0.2, 0.25) is 0 Å². The topological polar surface area (TPSA) is 84.2 Å². The van der Waals surface area contributed by atoms with Gasteiger partial charge in [-0.05, 0) is 12.0 Å². The molecule has 1 aromatic rings. The summed E-state index contributed by atoms with van der Waals surface area (Å²) in [5.41, 5.74) is 6.91. The first-order valence-electron chi connectivity index (χ1n) is 7.47. The first-order valence-corrected chi connectivity index (χ1v) is 7.47. The Morgan fingerprint density at radius 3 is 2.62 bits per heavy atom. The van der Waals surface area contributed by atoms with Crippen molar-refractivity contribution >= 4 is 12.3 Å². The monoisotopic (exact) mass is 291 g/mol. The molecule has 4 N–H and O–H groups in total. The Hall–Kier alpha value is -1.88. The molecule has 0 heterocycles. The van der Waals surface area contributed by atoms with Crippen LogP contribution in [0.3, 0.4) is 0 Å². The second kappa shape index (κ2) is 9.94. The number of nitrogens with one attached hydrogen (secondary N) is 2. The predicted molar refractivity (Wildman–Crippen MR) is 83.4 cm³/mol. The van der Waals surface area contributed by atoms with Crippen molar-refractivity contribution in [1.82, 2.24) is 10.6 Å². The molecule has 0 aromatic heterocycles. The van der Waals surface area contributed by atoms with Gasteiger partial charge in [0.05, 0.1) is 6.04 Å². The van der Waals surface area contributed by atoms with Gasteiger partial charge in [-0.1, -0.05) is 56.5 Å². The summed E-state index contributed by atoms with van der Waals surface area (Å²) in [6.07, 6.45) is 4.46. The Kier molecular flexibility index (Phi) is 8.12. The smallest absolute Gasteiger partial charge is 0.238 e. The molecule has 0 fully saturated rings. The number of rotatable bonds is 10. The molecule has 1 aromatic carbocycles. The van der Waals surface area contributed by atoms with Crippen LogP contribution in [0.1, 0.15) is 38.2 Å². The Labute approximate surface area is 126 Å². The van der Waals surface area contributed by atoms with E-state index in [1.54, 1.807) is 0 Å². The second-order valence-corrected chi connectivity index (χ2v) is 5.14. The molecule has 0 saturated heterocycles. The van der Waals surface area contributed by atoms with Crippen LogP contribution in [0.25, 0.3) is 0 Å². The molecular weight excluding hydrogens is 266 g/mol. The molecule has 1 rings (SSSR count). The maximum atomic E-state index is 12.0. The van der Waals surface area contributed by atoms with Crippen molar-refractivity contribution in [2.75, 3.05) is 0 Å². The third kappa shape index (κ3) is 6.90. The molecule has 0 aliphatic carbocycles. The first kappa shape index (κ1) is 17.2. The average molecular weight is 291 g/mol. The van der Waals surface area contributed by atoms with Gasteiger partial charge in [0, 0.05) is 6.42 Å². The van der Waals surface area contributed by atoms with Crippen LogP contribution in [-0.4, -0.2) is 24.5 Å². The van der Waals surface area contributed by atoms with Gasteiger partial charge in [-0.3, -0.25) is 9.59 Å². The third-order valence-electron chi connectivity index (χ3n) is 3.32. The minimum Gasteiger partial charge on any atom is -0.338 e. The predicted octanol–water partition coefficient (Wildman–Crippen LogP) is 1.32. The zero-order valence-corrected chi connectivity index (χ0v) is 12.5. The van der Waals surface area contributed by atoms with Gasteiger partial charge in [0.15, 0.2) is 0 Å². The van der Waals surface area contributed by atoms with Crippen molar-refractivity contribution in [3.63, 3.8) is 0 Å². The Morgan fingerprint density at radius 2 is 2.00 bits per heavy atom. The largest absolute Gasteiger partial charge is 0.338 e. The molecule has 0 saturated carbocycles. The van der Waals surface area contributed by atoms with Crippen LogP contribution < -0.4 is 16.4 Å². The fourth-order valence-corrected chi connectivity index (χ4v) is 2.11. The van der Waals surface area contributed by atoms with Gasteiger partial charge in [0.1, 0.15) is 6.17 Å². The minimum atomic E-state index is -0.525. The summed E-state index contributed by atoms with van der Waals surface area (Å²) >= 11 is 0. The Balaban J connectivity index is 2.49. The molecule has 0 aliphatic rings. The highest BCUT2D eigenvalue weighted by molar-refractivity contribution is 5.81. The molecule has 21 heavy (non-hydrogen) atoms. The van der Waals surface area contributed by atoms with Gasteiger partial charge >= 0.3 is 0 Å². The van der Waals surface area contributed by atoms with Crippen LogP contribution >= 0.6 is 0 Å². The van der Waals surface area contributed by atoms with Crippen molar-refractivity contribution in [1.29, 1.82) is 0 Å². The van der Waals surface area contributed by atoms with Crippen molar-refractivity contribution < 1.29 is 9.59 Å². The molecule has 5 heteroatoms. The highest BCUT2D eigenvalue weighted by atomic mass is 16.2. The first-order chi connectivity index (χ1) is 10.2. The fourth-order valence-electron chi connectivity index (χ4n) is 2.11. The van der Waals surface area contributed by atoms with Crippen LogP contribution in [0, 0.1) is 0 Å². The quantitative estimate of drug-likeness (QED) is 0.345. The number of benzene rings is 1. The van der Waals surface area contributed by atoms with E-state index in [0.29, 0.717) is 19.3 Å². The molecule has 2 amide bonds. The number of amides is 2. The molecule has 0 bridgehead atoms. The van der Waals surface area contributed by atoms with Gasteiger partial charge in [-0.15, -0.1) is 0 Å². The number of hydrogen-bond donors (Lipinski definition) is 3. The highest BCUT2D eigenvalue weighted by Crippen LogP contribution is 2.04. The van der Waals surface area contributed by atoms with Gasteiger partial charge in [0.25, 0.3) is 0 Å². The lowest BCUT2D eigenvalue weighted by molar-refractivity contribution is -0.123. The molecule has 0 radical (unpaired) electrons. The van der Waals surface area contributed by atoms with E-state index < -0.39 is 12.2 Å². The molecule has 2 atom stereocenters. The van der Waals surface area contributed by atoms with E-state index in [0.717, 1.165) is 24.8 Å². The van der Waals surface area contributed by atoms with E-state index in [1.165, 1.54) is 0 Å². The Morgan fingerprint density at radius 1 is 1.29 bits per heavy atom. The fraction of sp³-hybridized carbons (Fsp3) is 0.500. The van der Waals surface area contributed by atoms with Gasteiger partial charge in [-0.2, -0.15) is 0 Å². The van der Waals surface area contributed by atoms with Crippen LogP contribution in [0.5, 0.6) is 0 Å². The maximum Gasteiger partial charge on any atom is 0.238 e. The van der Waals surface area contributed by atoms with E-state index in [2.05, 4.69) is 17.6 Å². The lowest BCUT2D eigenvalue weighted by Crippen LogP contribution is -2.51. The molecule has 0 spiro atoms. The third-order valence-corrected chi connectivity index (χ3v) is 3.32. The number of carbonyl (C=O) groups is 2. The van der Waals surface area contributed by atoms with Crippen LogP contribution in [0.15, 0.2) is 30.3 Å². The number of hydrogen-bond acceptors (Lipinski definition) is 3. The van der Waals surface area contributed by atoms with E-state index >= 15 is 0 Å². The SMILES string of the molecule is CCCCC[C@H](N)C(=O)N[C@@H](Cc1ccccc1)NC=O. The van der Waals surface area contributed by atoms with Gasteiger partial charge in [-0.25, -0.2) is 0 Å². The van der Waals surface area contributed by atoms with Crippen molar-refractivity contribution in [3.8, 4) is 0 Å². The number of nitrogens with two attached hydrogens (primary N) is 1. The summed E-state index contributed by atoms with van der Waals surface area (Å²) in [6.45, 7) is 2.11. The molecule has 5 nitrogen and oxygen atoms in total. The maximum absolute atomic E-state index is 12.0. The summed E-state index contributed by atoms with van der Waals surface area (Å²) in [6, 6.07) is 9.15. The lowest BCUT2D eigenvalue weighted by Gasteiger charge is -2.20. The second-order valence-electron chi connectivity index (χ2n) is 5.14. The zero-order chi connectivity index (χ0) is 15.5. The average Bonchev–Trinajstić information content (AvgIpc) is 2.48. The van der Waals surface area contributed by atoms with Gasteiger partial charge < -0.3 is 16.4 Å². The van der Waals surface area contributed by atoms with Crippen LogP contribution in [0.4, 0.5) is 0 Å². The number of unbranched alkanes of at least 4 members (excludes halogenated alkanes) is 2. The summed E-state index contributed by atoms with van der Waals surface area (Å²) < 4.78 is 0. The normalized spacial score (nSPS) is 13.2. The zero-order valence-electron chi connectivity index (χ0n) is 12.5. The Bertz CT molecular complexity index is 423. The molecule has 0 aliphatic heterocycles. The lowest BCUT2D eigenvalue weighted by atomic mass is 10.1. The molecular formula is C16H25N3O2. The molecule has 116 valence electrons. The van der Waals surface area contributed by atoms with E-state index in [1.807, 2.05) is 30.3 Å². The van der Waals surface area contributed by atoms with Crippen LogP contribution in [-0.2, 0) is 16.0 Å². The summed E-state index contributed by atoms with van der Waals surface area (Å²) in [5, 5.41) is 5.40.